The molecule has 0 amide bonds. The van der Waals surface area contributed by atoms with Gasteiger partial charge >= 0.3 is 0 Å². The molecule has 1 saturated heterocycles. The van der Waals surface area contributed by atoms with Crippen molar-refractivity contribution in [2.45, 2.75) is 38.5 Å². The monoisotopic (exact) mass is 271 g/mol. The Kier molecular flexibility index (Phi) is 3.57. The summed E-state index contributed by atoms with van der Waals surface area (Å²) in [6.45, 7) is 6.39. The molecule has 0 aliphatic carbocycles. The lowest BCUT2D eigenvalue weighted by Gasteiger charge is -2.30. The minimum absolute atomic E-state index is 0.0137. The largest absolute Gasteiger partial charge is 0.338 e. The van der Waals surface area contributed by atoms with Crippen molar-refractivity contribution in [3.8, 4) is 11.4 Å². The standard InChI is InChI=1S/C16H21N3O/c1-3-12-4-6-13(7-5-12)14-18-15(20-19-14)16(2)8-10-17-11-9-16/h4-7,17H,3,8-11H2,1-2H3. The number of benzene rings is 1. The van der Waals surface area contributed by atoms with Crippen LogP contribution in [0.4, 0.5) is 0 Å². The van der Waals surface area contributed by atoms with Gasteiger partial charge in [-0.15, -0.1) is 0 Å². The molecule has 0 saturated carbocycles. The van der Waals surface area contributed by atoms with Crippen LogP contribution < -0.4 is 5.32 Å². The first-order valence-corrected chi connectivity index (χ1v) is 7.35. The van der Waals surface area contributed by atoms with Gasteiger partial charge in [0.1, 0.15) is 0 Å². The number of nitrogens with one attached hydrogen (secondary N) is 1. The Labute approximate surface area is 119 Å². The predicted molar refractivity (Wildman–Crippen MR) is 78.6 cm³/mol. The molecule has 1 fully saturated rings. The number of hydrogen-bond acceptors (Lipinski definition) is 4. The van der Waals surface area contributed by atoms with E-state index in [1.165, 1.54) is 5.56 Å². The van der Waals surface area contributed by atoms with Crippen molar-refractivity contribution >= 4 is 0 Å². The van der Waals surface area contributed by atoms with Crippen LogP contribution in [-0.2, 0) is 11.8 Å². The summed E-state index contributed by atoms with van der Waals surface area (Å²) in [5, 5.41) is 7.53. The third kappa shape index (κ3) is 2.48. The van der Waals surface area contributed by atoms with E-state index in [0.717, 1.165) is 43.8 Å². The van der Waals surface area contributed by atoms with Gasteiger partial charge in [0.15, 0.2) is 0 Å². The molecule has 0 bridgehead atoms. The van der Waals surface area contributed by atoms with Gasteiger partial charge in [-0.3, -0.25) is 0 Å². The van der Waals surface area contributed by atoms with E-state index in [0.29, 0.717) is 5.82 Å². The Hall–Kier alpha value is -1.68. The van der Waals surface area contributed by atoms with Crippen molar-refractivity contribution in [3.05, 3.63) is 35.7 Å². The van der Waals surface area contributed by atoms with Crippen LogP contribution in [0, 0.1) is 0 Å². The molecule has 1 aromatic heterocycles. The van der Waals surface area contributed by atoms with Gasteiger partial charge in [-0.05, 0) is 37.9 Å². The van der Waals surface area contributed by atoms with Gasteiger partial charge in [-0.25, -0.2) is 0 Å². The van der Waals surface area contributed by atoms with Crippen molar-refractivity contribution in [1.29, 1.82) is 0 Å². The molecule has 0 atom stereocenters. The van der Waals surface area contributed by atoms with E-state index >= 15 is 0 Å². The fourth-order valence-corrected chi connectivity index (χ4v) is 2.67. The lowest BCUT2D eigenvalue weighted by molar-refractivity contribution is 0.241. The number of hydrogen-bond donors (Lipinski definition) is 1. The molecule has 4 nitrogen and oxygen atoms in total. The molecule has 1 N–H and O–H groups in total. The van der Waals surface area contributed by atoms with E-state index in [4.69, 9.17) is 4.52 Å². The zero-order valence-corrected chi connectivity index (χ0v) is 12.1. The highest BCUT2D eigenvalue weighted by molar-refractivity contribution is 5.54. The quantitative estimate of drug-likeness (QED) is 0.932. The van der Waals surface area contributed by atoms with Crippen molar-refractivity contribution in [2.75, 3.05) is 13.1 Å². The summed E-state index contributed by atoms with van der Waals surface area (Å²) in [6.07, 6.45) is 3.13. The van der Waals surface area contributed by atoms with E-state index in [2.05, 4.69) is 53.6 Å². The highest BCUT2D eigenvalue weighted by Gasteiger charge is 2.34. The molecule has 4 heteroatoms. The summed E-state index contributed by atoms with van der Waals surface area (Å²) < 4.78 is 5.53. The fourth-order valence-electron chi connectivity index (χ4n) is 2.67. The summed E-state index contributed by atoms with van der Waals surface area (Å²) in [4.78, 5) is 4.63. The van der Waals surface area contributed by atoms with Crippen LogP contribution in [0.2, 0.25) is 0 Å². The second kappa shape index (κ2) is 5.37. The second-order valence-electron chi connectivity index (χ2n) is 5.78. The zero-order chi connectivity index (χ0) is 14.0. The molecule has 1 aliphatic heterocycles. The van der Waals surface area contributed by atoms with Gasteiger partial charge in [0, 0.05) is 11.0 Å². The van der Waals surface area contributed by atoms with Gasteiger partial charge in [-0.2, -0.15) is 4.98 Å². The Balaban J connectivity index is 1.85. The Morgan fingerprint density at radius 1 is 1.20 bits per heavy atom. The molecule has 2 heterocycles. The van der Waals surface area contributed by atoms with Crippen LogP contribution in [0.15, 0.2) is 28.8 Å². The molecular weight excluding hydrogens is 250 g/mol. The molecule has 3 rings (SSSR count). The average molecular weight is 271 g/mol. The average Bonchev–Trinajstić information content (AvgIpc) is 2.99. The SMILES string of the molecule is CCc1ccc(-c2noc(C3(C)CCNCC3)n2)cc1. The van der Waals surface area contributed by atoms with E-state index in [9.17, 15) is 0 Å². The van der Waals surface area contributed by atoms with Gasteiger partial charge in [0.25, 0.3) is 0 Å². The zero-order valence-electron chi connectivity index (χ0n) is 12.1. The smallest absolute Gasteiger partial charge is 0.232 e. The molecule has 1 aliphatic rings. The van der Waals surface area contributed by atoms with Gasteiger partial charge in [0.2, 0.25) is 11.7 Å². The number of piperidine rings is 1. The van der Waals surface area contributed by atoms with E-state index in [-0.39, 0.29) is 5.41 Å². The first kappa shape index (κ1) is 13.3. The molecule has 1 aromatic carbocycles. The minimum Gasteiger partial charge on any atom is -0.338 e. The topological polar surface area (TPSA) is 51.0 Å². The van der Waals surface area contributed by atoms with Crippen LogP contribution in [0.5, 0.6) is 0 Å². The fraction of sp³-hybridized carbons (Fsp3) is 0.500. The molecule has 20 heavy (non-hydrogen) atoms. The third-order valence-corrected chi connectivity index (χ3v) is 4.27. The highest BCUT2D eigenvalue weighted by Crippen LogP contribution is 2.32. The Morgan fingerprint density at radius 2 is 1.90 bits per heavy atom. The maximum atomic E-state index is 5.53. The van der Waals surface area contributed by atoms with Gasteiger partial charge in [-0.1, -0.05) is 43.3 Å². The van der Waals surface area contributed by atoms with Crippen molar-refractivity contribution in [3.63, 3.8) is 0 Å². The minimum atomic E-state index is 0.0137. The molecule has 106 valence electrons. The van der Waals surface area contributed by atoms with E-state index in [1.807, 2.05) is 0 Å². The Bertz CT molecular complexity index is 568. The van der Waals surface area contributed by atoms with E-state index in [1.54, 1.807) is 0 Å². The first-order valence-electron chi connectivity index (χ1n) is 7.35. The van der Waals surface area contributed by atoms with Crippen molar-refractivity contribution in [2.24, 2.45) is 0 Å². The number of nitrogens with zero attached hydrogens (tertiary/aromatic N) is 2. The van der Waals surface area contributed by atoms with Crippen LogP contribution in [-0.4, -0.2) is 23.2 Å². The summed E-state index contributed by atoms with van der Waals surface area (Å²) in [5.41, 5.74) is 2.36. The maximum Gasteiger partial charge on any atom is 0.232 e. The first-order chi connectivity index (χ1) is 9.71. The molecule has 2 aromatic rings. The number of aryl methyl sites for hydroxylation is 1. The molecule has 0 unspecified atom stereocenters. The van der Waals surface area contributed by atoms with E-state index < -0.39 is 0 Å². The highest BCUT2D eigenvalue weighted by atomic mass is 16.5. The molecule has 0 spiro atoms. The maximum absolute atomic E-state index is 5.53. The summed E-state index contributed by atoms with van der Waals surface area (Å²) >= 11 is 0. The summed E-state index contributed by atoms with van der Waals surface area (Å²) in [5.74, 6) is 1.47. The lowest BCUT2D eigenvalue weighted by atomic mass is 9.81. The van der Waals surface area contributed by atoms with Crippen molar-refractivity contribution < 1.29 is 4.52 Å². The van der Waals surface area contributed by atoms with Gasteiger partial charge in [0.05, 0.1) is 0 Å². The van der Waals surface area contributed by atoms with Crippen LogP contribution >= 0.6 is 0 Å². The normalized spacial score (nSPS) is 18.1. The van der Waals surface area contributed by atoms with Crippen molar-refractivity contribution in [1.82, 2.24) is 15.5 Å². The lowest BCUT2D eigenvalue weighted by Crippen LogP contribution is -2.37. The molecule has 0 radical (unpaired) electrons. The van der Waals surface area contributed by atoms with Crippen LogP contribution in [0.1, 0.15) is 38.1 Å². The number of aromatic nitrogens is 2. The second-order valence-corrected chi connectivity index (χ2v) is 5.78. The van der Waals surface area contributed by atoms with Crippen LogP contribution in [0.3, 0.4) is 0 Å². The summed E-state index contributed by atoms with van der Waals surface area (Å²) in [6, 6.07) is 8.38. The predicted octanol–water partition coefficient (Wildman–Crippen LogP) is 2.94. The third-order valence-electron chi connectivity index (χ3n) is 4.27. The number of rotatable bonds is 3. The van der Waals surface area contributed by atoms with Gasteiger partial charge < -0.3 is 9.84 Å². The van der Waals surface area contributed by atoms with Crippen LogP contribution in [0.25, 0.3) is 11.4 Å². The summed E-state index contributed by atoms with van der Waals surface area (Å²) in [7, 11) is 0. The Morgan fingerprint density at radius 3 is 2.55 bits per heavy atom. The molecular formula is C16H21N3O.